The van der Waals surface area contributed by atoms with E-state index in [9.17, 15) is 9.59 Å². The largest absolute Gasteiger partial charge is 0.459 e. The van der Waals surface area contributed by atoms with Crippen LogP contribution < -0.4 is 15.1 Å². The zero-order valence-corrected chi connectivity index (χ0v) is 16.8. The Morgan fingerprint density at radius 2 is 1.69 bits per heavy atom. The number of furan rings is 1. The molecular weight excluding hydrogens is 368 g/mol. The van der Waals surface area contributed by atoms with Crippen molar-refractivity contribution in [2.24, 2.45) is 0 Å². The maximum atomic E-state index is 12.4. The van der Waals surface area contributed by atoms with Crippen LogP contribution in [0.25, 0.3) is 0 Å². The molecule has 3 N–H and O–H groups in total. The van der Waals surface area contributed by atoms with Gasteiger partial charge in [-0.15, -0.1) is 0 Å². The molecule has 0 unspecified atom stereocenters. The third-order valence-corrected chi connectivity index (χ3v) is 5.90. The number of nitrogens with zero attached hydrogens (tertiary/aromatic N) is 1. The van der Waals surface area contributed by atoms with Gasteiger partial charge in [-0.05, 0) is 24.3 Å². The van der Waals surface area contributed by atoms with Gasteiger partial charge in [0.05, 0.1) is 45.5 Å². The van der Waals surface area contributed by atoms with Crippen molar-refractivity contribution >= 4 is 17.5 Å². The molecule has 3 heterocycles. The summed E-state index contributed by atoms with van der Waals surface area (Å²) in [6, 6.07) is 11.6. The molecule has 29 heavy (non-hydrogen) atoms. The van der Waals surface area contributed by atoms with Crippen molar-refractivity contribution in [3.05, 3.63) is 54.0 Å². The lowest BCUT2D eigenvalue weighted by molar-refractivity contribution is -0.901. The fourth-order valence-electron chi connectivity index (χ4n) is 4.24. The Kier molecular flexibility index (Phi) is 6.27. The van der Waals surface area contributed by atoms with Crippen molar-refractivity contribution in [3.8, 4) is 0 Å². The van der Waals surface area contributed by atoms with Gasteiger partial charge in [0.1, 0.15) is 6.54 Å². The number of piperazine rings is 1. The highest BCUT2D eigenvalue weighted by Crippen LogP contribution is 2.09. The number of carbonyl (C=O) groups excluding carboxylic acids is 2. The van der Waals surface area contributed by atoms with Crippen LogP contribution in [0.15, 0.2) is 47.1 Å². The predicted molar refractivity (Wildman–Crippen MR) is 109 cm³/mol. The van der Waals surface area contributed by atoms with Crippen molar-refractivity contribution in [1.82, 2.24) is 4.90 Å². The molecule has 7 nitrogen and oxygen atoms in total. The average Bonchev–Trinajstić information content (AvgIpc) is 3.44. The second kappa shape index (κ2) is 9.24. The van der Waals surface area contributed by atoms with Gasteiger partial charge in [0.2, 0.25) is 0 Å². The summed E-state index contributed by atoms with van der Waals surface area (Å²) in [5.74, 6) is 0.319. The summed E-state index contributed by atoms with van der Waals surface area (Å²) in [4.78, 5) is 29.4. The zero-order valence-electron chi connectivity index (χ0n) is 16.8. The number of rotatable bonds is 6. The van der Waals surface area contributed by atoms with Gasteiger partial charge in [0, 0.05) is 24.1 Å². The third kappa shape index (κ3) is 5.25. The summed E-state index contributed by atoms with van der Waals surface area (Å²) >= 11 is 0. The van der Waals surface area contributed by atoms with E-state index in [2.05, 4.69) is 17.4 Å². The number of nitrogens with one attached hydrogen (secondary N) is 3. The highest BCUT2D eigenvalue weighted by Gasteiger charge is 2.27. The molecule has 1 aromatic carbocycles. The lowest BCUT2D eigenvalue weighted by Gasteiger charge is -2.31. The van der Waals surface area contributed by atoms with E-state index in [0.29, 0.717) is 25.4 Å². The van der Waals surface area contributed by atoms with E-state index in [1.165, 1.54) is 42.7 Å². The highest BCUT2D eigenvalue weighted by atomic mass is 16.3. The first-order chi connectivity index (χ1) is 14.2. The minimum absolute atomic E-state index is 0.0173. The van der Waals surface area contributed by atoms with Crippen LogP contribution in [0.4, 0.5) is 5.69 Å². The first kappa shape index (κ1) is 19.7. The molecule has 4 rings (SSSR count). The first-order valence-corrected chi connectivity index (χ1v) is 10.6. The molecule has 0 atom stereocenters. The van der Waals surface area contributed by atoms with Crippen molar-refractivity contribution in [3.63, 3.8) is 0 Å². The molecule has 0 radical (unpaired) electrons. The van der Waals surface area contributed by atoms with Crippen LogP contribution in [-0.2, 0) is 11.3 Å². The fraction of sp³-hybridized carbons (Fsp3) is 0.455. The van der Waals surface area contributed by atoms with E-state index >= 15 is 0 Å². The predicted octanol–water partition coefficient (Wildman–Crippen LogP) is -0.562. The van der Waals surface area contributed by atoms with E-state index < -0.39 is 0 Å². The number of hydrogen-bond acceptors (Lipinski definition) is 3. The van der Waals surface area contributed by atoms with Gasteiger partial charge in [-0.2, -0.15) is 0 Å². The minimum Gasteiger partial charge on any atom is -0.459 e. The SMILES string of the molecule is O=C(C[NH+]1CCN(C(=O)c2ccco2)CC1)Nc1ccc(C[NH+]2CCCC2)cc1. The normalized spacial score (nSPS) is 18.1. The Morgan fingerprint density at radius 1 is 0.966 bits per heavy atom. The van der Waals surface area contributed by atoms with Crippen LogP contribution in [0.1, 0.15) is 29.0 Å². The molecule has 2 aromatic rings. The molecule has 154 valence electrons. The Balaban J connectivity index is 1.20. The molecule has 0 saturated carbocycles. The van der Waals surface area contributed by atoms with E-state index in [1.807, 2.05) is 12.1 Å². The van der Waals surface area contributed by atoms with E-state index in [4.69, 9.17) is 4.42 Å². The maximum Gasteiger partial charge on any atom is 0.289 e. The number of carbonyl (C=O) groups is 2. The topological polar surface area (TPSA) is 71.4 Å². The second-order valence-corrected chi connectivity index (χ2v) is 8.08. The summed E-state index contributed by atoms with van der Waals surface area (Å²) in [5.41, 5.74) is 2.17. The van der Waals surface area contributed by atoms with E-state index in [-0.39, 0.29) is 11.8 Å². The molecule has 0 aliphatic carbocycles. The van der Waals surface area contributed by atoms with Gasteiger partial charge < -0.3 is 24.4 Å². The summed E-state index contributed by atoms with van der Waals surface area (Å²) in [6.07, 6.45) is 4.17. The number of likely N-dealkylation sites (tertiary alicyclic amines) is 1. The smallest absolute Gasteiger partial charge is 0.289 e. The summed E-state index contributed by atoms with van der Waals surface area (Å²) in [6.45, 7) is 6.81. The molecule has 2 fully saturated rings. The van der Waals surface area contributed by atoms with Gasteiger partial charge in [0.15, 0.2) is 12.3 Å². The van der Waals surface area contributed by atoms with Crippen molar-refractivity contribution in [2.45, 2.75) is 19.4 Å². The minimum atomic E-state index is -0.0747. The van der Waals surface area contributed by atoms with Gasteiger partial charge in [-0.3, -0.25) is 9.59 Å². The number of anilines is 1. The molecule has 2 aliphatic rings. The standard InChI is InChI=1S/C22H28N4O3/c27-21(23-19-7-5-18(6-8-19)16-24-9-1-2-10-24)17-25-11-13-26(14-12-25)22(28)20-4-3-15-29-20/h3-8,15H,1-2,9-14,16-17H2,(H,23,27)/p+2. The number of amides is 2. The van der Waals surface area contributed by atoms with Crippen LogP contribution in [-0.4, -0.2) is 62.5 Å². The van der Waals surface area contributed by atoms with Crippen LogP contribution in [0.2, 0.25) is 0 Å². The van der Waals surface area contributed by atoms with Crippen molar-refractivity contribution in [2.75, 3.05) is 51.1 Å². The molecule has 2 saturated heterocycles. The second-order valence-electron chi connectivity index (χ2n) is 8.08. The van der Waals surface area contributed by atoms with Crippen LogP contribution >= 0.6 is 0 Å². The number of benzene rings is 1. The monoisotopic (exact) mass is 398 g/mol. The Bertz CT molecular complexity index is 805. The van der Waals surface area contributed by atoms with Crippen LogP contribution in [0, 0.1) is 0 Å². The van der Waals surface area contributed by atoms with E-state index in [1.54, 1.807) is 21.9 Å². The molecule has 7 heteroatoms. The first-order valence-electron chi connectivity index (χ1n) is 10.6. The summed E-state index contributed by atoms with van der Waals surface area (Å²) in [5, 5.41) is 3.00. The van der Waals surface area contributed by atoms with E-state index in [0.717, 1.165) is 25.3 Å². The van der Waals surface area contributed by atoms with Gasteiger partial charge >= 0.3 is 0 Å². The lowest BCUT2D eigenvalue weighted by atomic mass is 10.2. The summed E-state index contributed by atoms with van der Waals surface area (Å²) < 4.78 is 5.19. The Hall–Kier alpha value is -2.64. The molecule has 2 amide bonds. The van der Waals surface area contributed by atoms with Gasteiger partial charge in [-0.25, -0.2) is 0 Å². The number of quaternary nitrogens is 2. The highest BCUT2D eigenvalue weighted by molar-refractivity contribution is 5.92. The van der Waals surface area contributed by atoms with Gasteiger partial charge in [0.25, 0.3) is 11.8 Å². The van der Waals surface area contributed by atoms with Crippen molar-refractivity contribution < 1.29 is 23.8 Å². The summed E-state index contributed by atoms with van der Waals surface area (Å²) in [7, 11) is 0. The quantitative estimate of drug-likeness (QED) is 0.611. The van der Waals surface area contributed by atoms with Crippen LogP contribution in [0.5, 0.6) is 0 Å². The Labute approximate surface area is 171 Å². The van der Waals surface area contributed by atoms with Gasteiger partial charge in [-0.1, -0.05) is 12.1 Å². The Morgan fingerprint density at radius 3 is 2.34 bits per heavy atom. The molecule has 1 aromatic heterocycles. The third-order valence-electron chi connectivity index (χ3n) is 5.90. The maximum absolute atomic E-state index is 12.4. The zero-order chi connectivity index (χ0) is 20.1. The number of hydrogen-bond donors (Lipinski definition) is 3. The lowest BCUT2D eigenvalue weighted by Crippen LogP contribution is -3.15. The molecular formula is C22H30N4O3+2. The molecule has 2 aliphatic heterocycles. The fourth-order valence-corrected chi connectivity index (χ4v) is 4.24. The van der Waals surface area contributed by atoms with Crippen molar-refractivity contribution in [1.29, 1.82) is 0 Å². The molecule has 0 bridgehead atoms. The van der Waals surface area contributed by atoms with Crippen LogP contribution in [0.3, 0.4) is 0 Å². The molecule has 0 spiro atoms. The average molecular weight is 399 g/mol.